The fraction of sp³-hybridized carbons (Fsp3) is 0.200. The maximum absolute atomic E-state index is 10.7. The summed E-state index contributed by atoms with van der Waals surface area (Å²) >= 11 is 5.87. The Morgan fingerprint density at radius 1 is 1.24 bits per heavy atom. The van der Waals surface area contributed by atoms with Crippen molar-refractivity contribution in [1.29, 1.82) is 0 Å². The van der Waals surface area contributed by atoms with Crippen LogP contribution in [0.1, 0.15) is 11.1 Å². The number of ether oxygens (including phenoxy) is 1. The molecule has 2 rings (SSSR count). The van der Waals surface area contributed by atoms with Gasteiger partial charge in [0.1, 0.15) is 5.02 Å². The zero-order chi connectivity index (χ0) is 15.2. The first-order valence-electron chi connectivity index (χ1n) is 6.34. The Bertz CT molecular complexity index is 647. The molecule has 5 nitrogen and oxygen atoms in total. The van der Waals surface area contributed by atoms with Crippen molar-refractivity contribution in [3.63, 3.8) is 0 Å². The predicted molar refractivity (Wildman–Crippen MR) is 82.6 cm³/mol. The Morgan fingerprint density at radius 3 is 2.67 bits per heavy atom. The van der Waals surface area contributed by atoms with E-state index in [0.29, 0.717) is 13.2 Å². The van der Waals surface area contributed by atoms with Crippen molar-refractivity contribution >= 4 is 23.0 Å². The van der Waals surface area contributed by atoms with E-state index in [-0.39, 0.29) is 10.7 Å². The highest BCUT2D eigenvalue weighted by Gasteiger charge is 2.11. The third-order valence-electron chi connectivity index (χ3n) is 2.94. The molecule has 0 heterocycles. The minimum atomic E-state index is -0.500. The summed E-state index contributed by atoms with van der Waals surface area (Å²) in [5, 5.41) is 14.0. The number of anilines is 1. The lowest BCUT2D eigenvalue weighted by atomic mass is 10.1. The molecule has 0 aliphatic heterocycles. The molecular weight excluding hydrogens is 292 g/mol. The maximum Gasteiger partial charge on any atom is 0.288 e. The summed E-state index contributed by atoms with van der Waals surface area (Å²) in [6, 6.07) is 12.6. The van der Waals surface area contributed by atoms with Gasteiger partial charge in [-0.15, -0.1) is 0 Å². The van der Waals surface area contributed by atoms with E-state index in [2.05, 4.69) is 5.32 Å². The van der Waals surface area contributed by atoms with Crippen molar-refractivity contribution < 1.29 is 9.66 Å². The van der Waals surface area contributed by atoms with Crippen LogP contribution in [0.15, 0.2) is 42.5 Å². The molecule has 0 aliphatic rings. The van der Waals surface area contributed by atoms with Crippen LogP contribution in [-0.2, 0) is 17.9 Å². The molecular formula is C15H15ClN2O3. The zero-order valence-electron chi connectivity index (χ0n) is 11.5. The molecule has 0 bridgehead atoms. The quantitative estimate of drug-likeness (QED) is 0.647. The Morgan fingerprint density at radius 2 is 2.00 bits per heavy atom. The van der Waals surface area contributed by atoms with E-state index < -0.39 is 4.92 Å². The van der Waals surface area contributed by atoms with E-state index in [0.717, 1.165) is 16.8 Å². The van der Waals surface area contributed by atoms with Gasteiger partial charge in [0.2, 0.25) is 0 Å². The topological polar surface area (TPSA) is 64.4 Å². The number of benzene rings is 2. The smallest absolute Gasteiger partial charge is 0.288 e. The van der Waals surface area contributed by atoms with Crippen molar-refractivity contribution in [2.24, 2.45) is 0 Å². The Kier molecular flexibility index (Phi) is 5.14. The number of nitrogens with one attached hydrogen (secondary N) is 1. The van der Waals surface area contributed by atoms with Crippen LogP contribution in [0.2, 0.25) is 5.02 Å². The first-order chi connectivity index (χ1) is 10.1. The fourth-order valence-corrected chi connectivity index (χ4v) is 2.21. The maximum atomic E-state index is 10.7. The highest BCUT2D eigenvalue weighted by atomic mass is 35.5. The Labute approximate surface area is 127 Å². The molecule has 0 spiro atoms. The van der Waals surface area contributed by atoms with Gasteiger partial charge in [0.05, 0.1) is 11.5 Å². The Balaban J connectivity index is 2.04. The number of hydrogen-bond donors (Lipinski definition) is 1. The van der Waals surface area contributed by atoms with Crippen LogP contribution in [-0.4, -0.2) is 12.0 Å². The molecule has 21 heavy (non-hydrogen) atoms. The molecule has 0 amide bonds. The van der Waals surface area contributed by atoms with Gasteiger partial charge >= 0.3 is 0 Å². The third kappa shape index (κ3) is 4.18. The summed E-state index contributed by atoms with van der Waals surface area (Å²) in [5.74, 6) is 0. The largest absolute Gasteiger partial charge is 0.381 e. The van der Waals surface area contributed by atoms with Crippen LogP contribution in [0.4, 0.5) is 11.4 Å². The van der Waals surface area contributed by atoms with E-state index in [1.54, 1.807) is 19.2 Å². The highest BCUT2D eigenvalue weighted by Crippen LogP contribution is 2.27. The molecule has 0 saturated carbocycles. The molecule has 0 unspecified atom stereocenters. The lowest BCUT2D eigenvalue weighted by Gasteiger charge is -2.08. The number of halogens is 1. The molecule has 6 heteroatoms. The molecule has 0 aliphatic carbocycles. The van der Waals surface area contributed by atoms with Crippen molar-refractivity contribution in [1.82, 2.24) is 0 Å². The van der Waals surface area contributed by atoms with E-state index in [1.807, 2.05) is 24.3 Å². The van der Waals surface area contributed by atoms with Gasteiger partial charge in [0.15, 0.2) is 0 Å². The van der Waals surface area contributed by atoms with Gasteiger partial charge in [-0.25, -0.2) is 0 Å². The minimum Gasteiger partial charge on any atom is -0.381 e. The average Bonchev–Trinajstić information content (AvgIpc) is 2.45. The van der Waals surface area contributed by atoms with Crippen LogP contribution in [0.25, 0.3) is 0 Å². The van der Waals surface area contributed by atoms with Gasteiger partial charge in [0.25, 0.3) is 5.69 Å². The molecule has 0 radical (unpaired) electrons. The first kappa shape index (κ1) is 15.3. The standard InChI is InChI=1S/C15H15ClN2O3/c1-21-10-12-4-2-3-11(7-12)9-17-13-5-6-15(18(19)20)14(16)8-13/h2-8,17H,9-10H2,1H3. The van der Waals surface area contributed by atoms with E-state index >= 15 is 0 Å². The summed E-state index contributed by atoms with van der Waals surface area (Å²) in [6.07, 6.45) is 0. The van der Waals surface area contributed by atoms with Crippen LogP contribution in [0.3, 0.4) is 0 Å². The first-order valence-corrected chi connectivity index (χ1v) is 6.72. The van der Waals surface area contributed by atoms with Gasteiger partial charge in [-0.1, -0.05) is 35.9 Å². The molecule has 0 saturated heterocycles. The van der Waals surface area contributed by atoms with Gasteiger partial charge in [-0.2, -0.15) is 0 Å². The minimum absolute atomic E-state index is 0.0932. The molecule has 0 atom stereocenters. The molecule has 110 valence electrons. The summed E-state index contributed by atoms with van der Waals surface area (Å²) in [5.41, 5.74) is 2.84. The summed E-state index contributed by atoms with van der Waals surface area (Å²) in [7, 11) is 1.66. The van der Waals surface area contributed by atoms with Gasteiger partial charge in [-0.3, -0.25) is 10.1 Å². The van der Waals surface area contributed by atoms with Crippen molar-refractivity contribution in [3.8, 4) is 0 Å². The number of methoxy groups -OCH3 is 1. The SMILES string of the molecule is COCc1cccc(CNc2ccc([N+](=O)[O-])c(Cl)c2)c1. The summed E-state index contributed by atoms with van der Waals surface area (Å²) in [4.78, 5) is 10.2. The second-order valence-corrected chi connectivity index (χ2v) is 4.94. The fourth-order valence-electron chi connectivity index (χ4n) is 1.97. The lowest BCUT2D eigenvalue weighted by Crippen LogP contribution is -2.01. The van der Waals surface area contributed by atoms with E-state index in [1.165, 1.54) is 6.07 Å². The lowest BCUT2D eigenvalue weighted by molar-refractivity contribution is -0.384. The van der Waals surface area contributed by atoms with Crippen molar-refractivity contribution in [2.75, 3.05) is 12.4 Å². The Hall–Kier alpha value is -2.11. The second-order valence-electron chi connectivity index (χ2n) is 4.53. The molecule has 2 aromatic rings. The number of nitro benzene ring substituents is 1. The number of nitrogens with zero attached hydrogens (tertiary/aromatic N) is 1. The van der Waals surface area contributed by atoms with E-state index in [9.17, 15) is 10.1 Å². The normalized spacial score (nSPS) is 10.4. The highest BCUT2D eigenvalue weighted by molar-refractivity contribution is 6.32. The number of hydrogen-bond acceptors (Lipinski definition) is 4. The van der Waals surface area contributed by atoms with Crippen molar-refractivity contribution in [3.05, 3.63) is 68.7 Å². The van der Waals surface area contributed by atoms with Gasteiger partial charge in [0, 0.05) is 25.4 Å². The average molecular weight is 307 g/mol. The molecule has 1 N–H and O–H groups in total. The second kappa shape index (κ2) is 7.06. The number of nitro groups is 1. The summed E-state index contributed by atoms with van der Waals surface area (Å²) < 4.78 is 5.10. The monoisotopic (exact) mass is 306 g/mol. The van der Waals surface area contributed by atoms with Crippen molar-refractivity contribution in [2.45, 2.75) is 13.2 Å². The molecule has 2 aromatic carbocycles. The third-order valence-corrected chi connectivity index (χ3v) is 3.25. The van der Waals surface area contributed by atoms with Crippen LogP contribution < -0.4 is 5.32 Å². The van der Waals surface area contributed by atoms with Gasteiger partial charge in [-0.05, 0) is 23.3 Å². The van der Waals surface area contributed by atoms with Crippen LogP contribution >= 0.6 is 11.6 Å². The predicted octanol–water partition coefficient (Wildman–Crippen LogP) is 4.01. The summed E-state index contributed by atoms with van der Waals surface area (Å²) in [6.45, 7) is 1.17. The van der Waals surface area contributed by atoms with Crippen LogP contribution in [0.5, 0.6) is 0 Å². The zero-order valence-corrected chi connectivity index (χ0v) is 12.3. The van der Waals surface area contributed by atoms with Gasteiger partial charge < -0.3 is 10.1 Å². The number of rotatable bonds is 6. The van der Waals surface area contributed by atoms with Crippen LogP contribution in [0, 0.1) is 10.1 Å². The molecule has 0 aromatic heterocycles. The molecule has 0 fully saturated rings. The van der Waals surface area contributed by atoms with E-state index in [4.69, 9.17) is 16.3 Å².